The first-order chi connectivity index (χ1) is 5.20. The van der Waals surface area contributed by atoms with Gasteiger partial charge in [-0.2, -0.15) is 0 Å². The molecular weight excluding hydrogens is 140 g/mol. The second-order valence-corrected chi connectivity index (χ2v) is 2.76. The van der Waals surface area contributed by atoms with Crippen LogP contribution in [0.4, 0.5) is 0 Å². The molecule has 0 bridgehead atoms. The van der Waals surface area contributed by atoms with Crippen molar-refractivity contribution in [2.45, 2.75) is 45.6 Å². The fraction of sp³-hybridized carbons (Fsp3) is 0.778. The Morgan fingerprint density at radius 2 is 2.00 bits per heavy atom. The molecule has 0 saturated carbocycles. The van der Waals surface area contributed by atoms with E-state index in [2.05, 4.69) is 0 Å². The third kappa shape index (κ3) is 5.92. The number of hydrogen-bond acceptors (Lipinski definition) is 2. The number of aliphatic hydroxyl groups excluding tert-OH is 2. The quantitative estimate of drug-likeness (QED) is 0.603. The Balaban J connectivity index is 3.66. The van der Waals surface area contributed by atoms with E-state index < -0.39 is 6.10 Å². The molecule has 0 radical (unpaired) electrons. The summed E-state index contributed by atoms with van der Waals surface area (Å²) < 4.78 is 0. The van der Waals surface area contributed by atoms with Crippen molar-refractivity contribution >= 4 is 0 Å². The molecule has 0 aliphatic heterocycles. The molecule has 0 aromatic rings. The van der Waals surface area contributed by atoms with Crippen LogP contribution >= 0.6 is 0 Å². The predicted molar refractivity (Wildman–Crippen MR) is 46.5 cm³/mol. The Morgan fingerprint density at radius 1 is 1.36 bits per heavy atom. The fourth-order valence-electron chi connectivity index (χ4n) is 0.941. The van der Waals surface area contributed by atoms with Crippen LogP contribution < -0.4 is 0 Å². The summed E-state index contributed by atoms with van der Waals surface area (Å²) in [4.78, 5) is 0. The topological polar surface area (TPSA) is 40.5 Å². The van der Waals surface area contributed by atoms with Crippen LogP contribution in [0.25, 0.3) is 0 Å². The van der Waals surface area contributed by atoms with Gasteiger partial charge in [-0.05, 0) is 18.9 Å². The summed E-state index contributed by atoms with van der Waals surface area (Å²) in [5.41, 5.74) is 0. The highest BCUT2D eigenvalue weighted by Crippen LogP contribution is 2.05. The highest BCUT2D eigenvalue weighted by Gasteiger charge is 1.99. The minimum Gasteiger partial charge on any atom is -0.513 e. The lowest BCUT2D eigenvalue weighted by atomic mass is 10.1. The largest absolute Gasteiger partial charge is 0.513 e. The molecule has 0 aromatic heterocycles. The van der Waals surface area contributed by atoms with E-state index in [1.807, 2.05) is 13.8 Å². The molecule has 0 amide bonds. The van der Waals surface area contributed by atoms with Crippen LogP contribution in [0.3, 0.4) is 0 Å². The van der Waals surface area contributed by atoms with Crippen molar-refractivity contribution < 1.29 is 10.2 Å². The van der Waals surface area contributed by atoms with Crippen LogP contribution in [-0.4, -0.2) is 16.3 Å². The molecule has 11 heavy (non-hydrogen) atoms. The van der Waals surface area contributed by atoms with E-state index in [1.54, 1.807) is 0 Å². The van der Waals surface area contributed by atoms with Gasteiger partial charge in [-0.1, -0.05) is 20.3 Å². The lowest BCUT2D eigenvalue weighted by molar-refractivity contribution is 0.204. The van der Waals surface area contributed by atoms with E-state index >= 15 is 0 Å². The summed E-state index contributed by atoms with van der Waals surface area (Å²) in [6, 6.07) is 0. The van der Waals surface area contributed by atoms with Crippen LogP contribution in [0, 0.1) is 0 Å². The first kappa shape index (κ1) is 10.5. The summed E-state index contributed by atoms with van der Waals surface area (Å²) >= 11 is 0. The van der Waals surface area contributed by atoms with Gasteiger partial charge in [-0.25, -0.2) is 0 Å². The standard InChI is InChI=1S/C9H18O2/c1-3-5-8(10)7-9(11)6-4-2/h7-8,10-11H,3-6H2,1-2H3. The molecule has 0 aliphatic carbocycles. The lowest BCUT2D eigenvalue weighted by Crippen LogP contribution is -2.02. The molecule has 66 valence electrons. The maximum atomic E-state index is 9.21. The first-order valence-corrected chi connectivity index (χ1v) is 4.28. The molecule has 1 atom stereocenters. The highest BCUT2D eigenvalue weighted by molar-refractivity contribution is 4.95. The van der Waals surface area contributed by atoms with Crippen molar-refractivity contribution in [3.8, 4) is 0 Å². The zero-order valence-electron chi connectivity index (χ0n) is 7.38. The van der Waals surface area contributed by atoms with Crippen molar-refractivity contribution in [3.63, 3.8) is 0 Å². The van der Waals surface area contributed by atoms with Gasteiger partial charge >= 0.3 is 0 Å². The second kappa shape index (κ2) is 6.23. The molecule has 0 heterocycles. The van der Waals surface area contributed by atoms with Crippen molar-refractivity contribution in [2.75, 3.05) is 0 Å². The average Bonchev–Trinajstić information content (AvgIpc) is 1.87. The molecule has 0 fully saturated rings. The molecule has 0 rings (SSSR count). The van der Waals surface area contributed by atoms with Crippen molar-refractivity contribution in [2.24, 2.45) is 0 Å². The molecule has 2 nitrogen and oxygen atoms in total. The maximum Gasteiger partial charge on any atom is 0.0908 e. The van der Waals surface area contributed by atoms with Crippen molar-refractivity contribution in [1.29, 1.82) is 0 Å². The zero-order valence-corrected chi connectivity index (χ0v) is 7.38. The van der Waals surface area contributed by atoms with Crippen LogP contribution in [0.1, 0.15) is 39.5 Å². The summed E-state index contributed by atoms with van der Waals surface area (Å²) in [5, 5.41) is 18.4. The molecular formula is C9H18O2. The van der Waals surface area contributed by atoms with Crippen LogP contribution in [0.15, 0.2) is 11.8 Å². The number of rotatable bonds is 5. The summed E-state index contributed by atoms with van der Waals surface area (Å²) in [5.74, 6) is 0.313. The minimum absolute atomic E-state index is 0.313. The Bertz CT molecular complexity index is 119. The lowest BCUT2D eigenvalue weighted by Gasteiger charge is -2.03. The van der Waals surface area contributed by atoms with E-state index in [4.69, 9.17) is 5.11 Å². The van der Waals surface area contributed by atoms with Gasteiger partial charge in [0.2, 0.25) is 0 Å². The van der Waals surface area contributed by atoms with E-state index in [0.29, 0.717) is 12.2 Å². The SMILES string of the molecule is CCCC(O)=CC(O)CCC. The van der Waals surface area contributed by atoms with Gasteiger partial charge in [0.1, 0.15) is 0 Å². The number of aliphatic hydroxyl groups is 2. The summed E-state index contributed by atoms with van der Waals surface area (Å²) in [6.07, 6.45) is 4.33. The Hall–Kier alpha value is -0.500. The molecule has 0 spiro atoms. The molecule has 2 N–H and O–H groups in total. The number of hydrogen-bond donors (Lipinski definition) is 2. The van der Waals surface area contributed by atoms with E-state index in [9.17, 15) is 5.11 Å². The molecule has 1 unspecified atom stereocenters. The van der Waals surface area contributed by atoms with E-state index in [0.717, 1.165) is 19.3 Å². The van der Waals surface area contributed by atoms with Crippen molar-refractivity contribution in [3.05, 3.63) is 11.8 Å². The van der Waals surface area contributed by atoms with Crippen LogP contribution in [-0.2, 0) is 0 Å². The minimum atomic E-state index is -0.466. The summed E-state index contributed by atoms with van der Waals surface area (Å²) in [6.45, 7) is 4.00. The number of allylic oxidation sites excluding steroid dienone is 1. The van der Waals surface area contributed by atoms with Crippen LogP contribution in [0.5, 0.6) is 0 Å². The van der Waals surface area contributed by atoms with Gasteiger partial charge in [0.25, 0.3) is 0 Å². The molecule has 2 heteroatoms. The smallest absolute Gasteiger partial charge is 0.0908 e. The van der Waals surface area contributed by atoms with E-state index in [-0.39, 0.29) is 0 Å². The molecule has 0 aliphatic rings. The van der Waals surface area contributed by atoms with Crippen molar-refractivity contribution in [1.82, 2.24) is 0 Å². The van der Waals surface area contributed by atoms with Gasteiger partial charge in [-0.15, -0.1) is 0 Å². The van der Waals surface area contributed by atoms with Gasteiger partial charge < -0.3 is 10.2 Å². The highest BCUT2D eigenvalue weighted by atomic mass is 16.3. The monoisotopic (exact) mass is 158 g/mol. The van der Waals surface area contributed by atoms with Gasteiger partial charge in [-0.3, -0.25) is 0 Å². The van der Waals surface area contributed by atoms with Gasteiger partial charge in [0.15, 0.2) is 0 Å². The maximum absolute atomic E-state index is 9.21. The third-order valence-electron chi connectivity index (χ3n) is 1.48. The first-order valence-electron chi connectivity index (χ1n) is 4.28. The van der Waals surface area contributed by atoms with Crippen LogP contribution in [0.2, 0.25) is 0 Å². The normalized spacial score (nSPS) is 15.0. The fourth-order valence-corrected chi connectivity index (χ4v) is 0.941. The van der Waals surface area contributed by atoms with E-state index in [1.165, 1.54) is 6.08 Å². The molecule has 0 saturated heterocycles. The second-order valence-electron chi connectivity index (χ2n) is 2.76. The average molecular weight is 158 g/mol. The van der Waals surface area contributed by atoms with Gasteiger partial charge in [0.05, 0.1) is 11.9 Å². The third-order valence-corrected chi connectivity index (χ3v) is 1.48. The molecule has 0 aromatic carbocycles. The van der Waals surface area contributed by atoms with Gasteiger partial charge in [0, 0.05) is 6.42 Å². The Kier molecular flexibility index (Phi) is 5.94. The Labute approximate surface area is 68.6 Å². The Morgan fingerprint density at radius 3 is 2.45 bits per heavy atom. The zero-order chi connectivity index (χ0) is 8.69. The summed E-state index contributed by atoms with van der Waals surface area (Å²) in [7, 11) is 0. The predicted octanol–water partition coefficient (Wildman–Crippen LogP) is 2.39.